The molecule has 2 heterocycles. The van der Waals surface area contributed by atoms with Crippen LogP contribution in [0.25, 0.3) is 11.8 Å². The van der Waals surface area contributed by atoms with Gasteiger partial charge in [-0.25, -0.2) is 9.79 Å². The molecule has 1 atom stereocenters. The summed E-state index contributed by atoms with van der Waals surface area (Å²) in [6.45, 7) is 2.20. The summed E-state index contributed by atoms with van der Waals surface area (Å²) < 4.78 is 13.6. The molecule has 10 heteroatoms. The van der Waals surface area contributed by atoms with Crippen molar-refractivity contribution in [2.75, 3.05) is 6.61 Å². The van der Waals surface area contributed by atoms with Gasteiger partial charge in [0.15, 0.2) is 4.80 Å². The fraction of sp³-hybridized carbons (Fsp3) is 0.114. The van der Waals surface area contributed by atoms with Gasteiger partial charge in [0, 0.05) is 26.2 Å². The molecule has 6 nitrogen and oxygen atoms in total. The van der Waals surface area contributed by atoms with Crippen LogP contribution in [0.4, 0.5) is 0 Å². The van der Waals surface area contributed by atoms with E-state index in [4.69, 9.17) is 49.3 Å². The number of rotatable bonds is 8. The standard InChI is InChI=1S/C35H25Cl3N2O4S/c1-2-43-34(42)30-31(22-6-4-3-5-7-22)39-35-40(32(30)23-10-14-26(37)15-11-23)33(41)29(45-35)19-24-18-27(38)16-17-28(24)44-20-21-8-12-25(36)13-9-21/h3-19,32H,2,20H2,1H3/b29-19-/t32-/m1/s1. The third-order valence-corrected chi connectivity index (χ3v) is 8.85. The quantitative estimate of drug-likeness (QED) is 0.160. The molecule has 6 rings (SSSR count). The van der Waals surface area contributed by atoms with Gasteiger partial charge in [-0.1, -0.05) is 101 Å². The molecule has 0 N–H and O–H groups in total. The first-order valence-electron chi connectivity index (χ1n) is 14.0. The molecule has 0 fully saturated rings. The molecular weight excluding hydrogens is 651 g/mol. The van der Waals surface area contributed by atoms with Gasteiger partial charge in [-0.2, -0.15) is 0 Å². The van der Waals surface area contributed by atoms with Crippen molar-refractivity contribution in [2.24, 2.45) is 4.99 Å². The van der Waals surface area contributed by atoms with Crippen LogP contribution in [0.5, 0.6) is 5.75 Å². The Morgan fingerprint density at radius 1 is 0.911 bits per heavy atom. The number of fused-ring (bicyclic) bond motifs is 1. The Balaban J connectivity index is 1.53. The summed E-state index contributed by atoms with van der Waals surface area (Å²) in [5.41, 5.74) is 3.35. The number of hydrogen-bond donors (Lipinski definition) is 0. The number of carbonyl (C=O) groups excluding carboxylic acids is 1. The molecule has 226 valence electrons. The van der Waals surface area contributed by atoms with E-state index in [9.17, 15) is 9.59 Å². The van der Waals surface area contributed by atoms with Crippen molar-refractivity contribution in [3.63, 3.8) is 0 Å². The van der Waals surface area contributed by atoms with Crippen molar-refractivity contribution in [1.29, 1.82) is 0 Å². The smallest absolute Gasteiger partial charge is 0.338 e. The van der Waals surface area contributed by atoms with E-state index in [1.54, 1.807) is 67.6 Å². The Hall–Kier alpha value is -4.14. The molecule has 1 aliphatic rings. The maximum atomic E-state index is 14.2. The Bertz CT molecular complexity index is 2090. The lowest BCUT2D eigenvalue weighted by atomic mass is 9.93. The largest absolute Gasteiger partial charge is 0.488 e. The summed E-state index contributed by atoms with van der Waals surface area (Å²) >= 11 is 19.9. The number of thiazole rings is 1. The highest BCUT2D eigenvalue weighted by atomic mass is 35.5. The zero-order chi connectivity index (χ0) is 31.5. The van der Waals surface area contributed by atoms with Gasteiger partial charge < -0.3 is 9.47 Å². The predicted molar refractivity (Wildman–Crippen MR) is 180 cm³/mol. The lowest BCUT2D eigenvalue weighted by molar-refractivity contribution is -0.138. The minimum absolute atomic E-state index is 0.162. The van der Waals surface area contributed by atoms with Gasteiger partial charge in [-0.15, -0.1) is 0 Å². The van der Waals surface area contributed by atoms with Crippen LogP contribution in [0, 0.1) is 0 Å². The SMILES string of the molecule is CCOC(=O)C1=C(c2ccccc2)N=c2s/c(=C\c3cc(Cl)ccc3OCc3ccc(Cl)cc3)c(=O)n2[C@@H]1c1ccc(Cl)cc1. The van der Waals surface area contributed by atoms with Crippen LogP contribution in [0.15, 0.2) is 112 Å². The first kappa shape index (κ1) is 30.9. The second-order valence-electron chi connectivity index (χ2n) is 10.1. The Kier molecular flexibility index (Phi) is 9.24. The number of nitrogens with zero attached hydrogens (tertiary/aromatic N) is 2. The van der Waals surface area contributed by atoms with Gasteiger partial charge >= 0.3 is 5.97 Å². The summed E-state index contributed by atoms with van der Waals surface area (Å²) in [5.74, 6) is -0.00585. The van der Waals surface area contributed by atoms with Gasteiger partial charge in [-0.3, -0.25) is 9.36 Å². The van der Waals surface area contributed by atoms with E-state index in [-0.39, 0.29) is 17.7 Å². The van der Waals surface area contributed by atoms with E-state index in [0.717, 1.165) is 11.1 Å². The van der Waals surface area contributed by atoms with Crippen molar-refractivity contribution in [1.82, 2.24) is 4.57 Å². The molecule has 0 aliphatic carbocycles. The van der Waals surface area contributed by atoms with Crippen LogP contribution in [0.1, 0.15) is 35.2 Å². The molecule has 1 aliphatic heterocycles. The summed E-state index contributed by atoms with van der Waals surface area (Å²) in [7, 11) is 0. The molecular formula is C35H25Cl3N2O4S. The van der Waals surface area contributed by atoms with Gasteiger partial charge in [0.1, 0.15) is 12.4 Å². The van der Waals surface area contributed by atoms with Crippen molar-refractivity contribution >= 4 is 63.9 Å². The summed E-state index contributed by atoms with van der Waals surface area (Å²) in [5, 5.41) is 1.66. The molecule has 0 amide bonds. The molecule has 1 aromatic heterocycles. The highest BCUT2D eigenvalue weighted by molar-refractivity contribution is 7.07. The maximum Gasteiger partial charge on any atom is 0.338 e. The molecule has 0 saturated heterocycles. The van der Waals surface area contributed by atoms with Crippen LogP contribution in [0.2, 0.25) is 15.1 Å². The van der Waals surface area contributed by atoms with Gasteiger partial charge in [0.2, 0.25) is 0 Å². The summed E-state index contributed by atoms with van der Waals surface area (Å²) in [4.78, 5) is 33.2. The van der Waals surface area contributed by atoms with Crippen molar-refractivity contribution in [2.45, 2.75) is 19.6 Å². The minimum Gasteiger partial charge on any atom is -0.488 e. The first-order chi connectivity index (χ1) is 21.8. The Morgan fingerprint density at radius 3 is 2.27 bits per heavy atom. The predicted octanol–water partition coefficient (Wildman–Crippen LogP) is 7.47. The molecule has 4 aromatic carbocycles. The number of benzene rings is 4. The number of esters is 1. The highest BCUT2D eigenvalue weighted by Crippen LogP contribution is 2.35. The van der Waals surface area contributed by atoms with E-state index < -0.39 is 12.0 Å². The van der Waals surface area contributed by atoms with Crippen molar-refractivity contribution < 1.29 is 14.3 Å². The summed E-state index contributed by atoms with van der Waals surface area (Å²) in [6, 6.07) is 28.3. The fourth-order valence-corrected chi connectivity index (χ4v) is 6.47. The number of halogens is 3. The van der Waals surface area contributed by atoms with Crippen molar-refractivity contribution in [3.05, 3.63) is 160 Å². The van der Waals surface area contributed by atoms with E-state index in [0.29, 0.717) is 53.6 Å². The zero-order valence-corrected chi connectivity index (χ0v) is 27.0. The van der Waals surface area contributed by atoms with E-state index in [1.807, 2.05) is 42.5 Å². The number of ether oxygens (including phenoxy) is 2. The zero-order valence-electron chi connectivity index (χ0n) is 23.9. The molecule has 0 saturated carbocycles. The van der Waals surface area contributed by atoms with Gasteiger partial charge in [0.25, 0.3) is 5.56 Å². The molecule has 0 radical (unpaired) electrons. The number of carbonyl (C=O) groups is 1. The monoisotopic (exact) mass is 674 g/mol. The molecule has 45 heavy (non-hydrogen) atoms. The lowest BCUT2D eigenvalue weighted by Gasteiger charge is -2.25. The van der Waals surface area contributed by atoms with Crippen LogP contribution in [-0.2, 0) is 16.1 Å². The third kappa shape index (κ3) is 6.63. The average Bonchev–Trinajstić information content (AvgIpc) is 3.35. The fourth-order valence-electron chi connectivity index (χ4n) is 5.05. The molecule has 5 aromatic rings. The van der Waals surface area contributed by atoms with Crippen LogP contribution >= 0.6 is 46.1 Å². The topological polar surface area (TPSA) is 69.9 Å². The van der Waals surface area contributed by atoms with Crippen LogP contribution in [0.3, 0.4) is 0 Å². The first-order valence-corrected chi connectivity index (χ1v) is 16.0. The molecule has 0 spiro atoms. The second-order valence-corrected chi connectivity index (χ2v) is 12.4. The Labute approximate surface area is 278 Å². The van der Waals surface area contributed by atoms with Crippen LogP contribution in [-0.4, -0.2) is 17.1 Å². The average molecular weight is 676 g/mol. The van der Waals surface area contributed by atoms with Crippen molar-refractivity contribution in [3.8, 4) is 5.75 Å². The van der Waals surface area contributed by atoms with Gasteiger partial charge in [0.05, 0.1) is 28.5 Å². The molecule has 0 unspecified atom stereocenters. The molecule has 0 bridgehead atoms. The van der Waals surface area contributed by atoms with Crippen LogP contribution < -0.4 is 19.6 Å². The number of aromatic nitrogens is 1. The van der Waals surface area contributed by atoms with E-state index in [1.165, 1.54) is 15.9 Å². The minimum atomic E-state index is -0.810. The van der Waals surface area contributed by atoms with E-state index in [2.05, 4.69) is 0 Å². The van der Waals surface area contributed by atoms with Gasteiger partial charge in [-0.05, 0) is 66.6 Å². The highest BCUT2D eigenvalue weighted by Gasteiger charge is 2.35. The second kappa shape index (κ2) is 13.5. The maximum absolute atomic E-state index is 14.2. The Morgan fingerprint density at radius 2 is 1.58 bits per heavy atom. The summed E-state index contributed by atoms with van der Waals surface area (Å²) in [6.07, 6.45) is 1.74. The number of hydrogen-bond acceptors (Lipinski definition) is 6. The normalized spacial score (nSPS) is 14.6. The van der Waals surface area contributed by atoms with E-state index >= 15 is 0 Å². The third-order valence-electron chi connectivity index (χ3n) is 7.13. The lowest BCUT2D eigenvalue weighted by Crippen LogP contribution is -2.40.